The first kappa shape index (κ1) is 19.7. The summed E-state index contributed by atoms with van der Waals surface area (Å²) in [5, 5.41) is 2.58. The van der Waals surface area contributed by atoms with Crippen LogP contribution in [-0.4, -0.2) is 47.9 Å². The number of fused-ring (bicyclic) bond motifs is 1. The van der Waals surface area contributed by atoms with Crippen molar-refractivity contribution < 1.29 is 31.8 Å². The molecule has 0 aliphatic carbocycles. The minimum atomic E-state index is -3.75. The van der Waals surface area contributed by atoms with E-state index in [2.05, 4.69) is 10.0 Å². The lowest BCUT2D eigenvalue weighted by Gasteiger charge is -2.38. The Morgan fingerprint density at radius 2 is 1.86 bits per heavy atom. The summed E-state index contributed by atoms with van der Waals surface area (Å²) in [5.74, 6) is 0.849. The molecule has 0 bridgehead atoms. The van der Waals surface area contributed by atoms with Gasteiger partial charge in [-0.3, -0.25) is 4.79 Å². The summed E-state index contributed by atoms with van der Waals surface area (Å²) in [6.45, 7) is 1.71. The Balaban J connectivity index is 1.53. The zero-order valence-corrected chi connectivity index (χ0v) is 16.7. The molecule has 156 valence electrons. The molecule has 1 amide bonds. The number of hydrogen-bond acceptors (Lipinski definition) is 7. The van der Waals surface area contributed by atoms with Gasteiger partial charge in [-0.05, 0) is 49.7 Å². The van der Waals surface area contributed by atoms with Crippen LogP contribution in [0.15, 0.2) is 39.8 Å². The molecule has 0 atom stereocenters. The van der Waals surface area contributed by atoms with Crippen molar-refractivity contribution in [3.63, 3.8) is 0 Å². The van der Waals surface area contributed by atoms with Gasteiger partial charge in [-0.25, -0.2) is 13.1 Å². The lowest BCUT2D eigenvalue weighted by molar-refractivity contribution is 0.0483. The highest BCUT2D eigenvalue weighted by atomic mass is 32.2. The van der Waals surface area contributed by atoms with E-state index in [-0.39, 0.29) is 23.1 Å². The Hall–Kier alpha value is -2.56. The van der Waals surface area contributed by atoms with Gasteiger partial charge in [-0.15, -0.1) is 0 Å². The number of benzene rings is 1. The van der Waals surface area contributed by atoms with Crippen LogP contribution in [0.3, 0.4) is 0 Å². The van der Waals surface area contributed by atoms with Crippen LogP contribution in [0.25, 0.3) is 0 Å². The molecule has 2 N–H and O–H groups in total. The Labute approximate surface area is 168 Å². The van der Waals surface area contributed by atoms with Gasteiger partial charge in [0.25, 0.3) is 15.9 Å². The van der Waals surface area contributed by atoms with Gasteiger partial charge < -0.3 is 23.9 Å². The van der Waals surface area contributed by atoms with E-state index in [9.17, 15) is 13.2 Å². The maximum Gasteiger partial charge on any atom is 0.287 e. The minimum absolute atomic E-state index is 0.0632. The van der Waals surface area contributed by atoms with Gasteiger partial charge in [0.05, 0.1) is 0 Å². The number of furan rings is 1. The van der Waals surface area contributed by atoms with Crippen LogP contribution in [-0.2, 0) is 20.2 Å². The van der Waals surface area contributed by atoms with Gasteiger partial charge in [0, 0.05) is 25.2 Å². The summed E-state index contributed by atoms with van der Waals surface area (Å²) in [5.41, 5.74) is 0.699. The third-order valence-electron chi connectivity index (χ3n) is 5.36. The topological polar surface area (TPSA) is 116 Å². The number of hydrogen-bond donors (Lipinski definition) is 2. The molecule has 1 aromatic heterocycles. The van der Waals surface area contributed by atoms with E-state index < -0.39 is 15.9 Å². The monoisotopic (exact) mass is 422 g/mol. The highest BCUT2D eigenvalue weighted by Gasteiger charge is 2.36. The smallest absolute Gasteiger partial charge is 0.287 e. The molecule has 4 rings (SSSR count). The van der Waals surface area contributed by atoms with Crippen molar-refractivity contribution in [1.29, 1.82) is 0 Å². The quantitative estimate of drug-likeness (QED) is 0.723. The lowest BCUT2D eigenvalue weighted by Crippen LogP contribution is -2.44. The molecule has 29 heavy (non-hydrogen) atoms. The van der Waals surface area contributed by atoms with Crippen LogP contribution in [0.1, 0.15) is 29.0 Å². The first-order chi connectivity index (χ1) is 13.9. The lowest BCUT2D eigenvalue weighted by atomic mass is 9.74. The predicted octanol–water partition coefficient (Wildman–Crippen LogP) is 1.39. The molecule has 1 aromatic carbocycles. The van der Waals surface area contributed by atoms with E-state index in [0.717, 1.165) is 18.4 Å². The van der Waals surface area contributed by atoms with E-state index in [1.54, 1.807) is 0 Å². The average molecular weight is 422 g/mol. The van der Waals surface area contributed by atoms with Crippen LogP contribution < -0.4 is 19.5 Å². The molecular weight excluding hydrogens is 400 g/mol. The van der Waals surface area contributed by atoms with E-state index in [1.165, 1.54) is 19.2 Å². The number of carbonyl (C=O) groups is 1. The first-order valence-electron chi connectivity index (χ1n) is 9.23. The molecule has 10 heteroatoms. The van der Waals surface area contributed by atoms with Gasteiger partial charge in [0.2, 0.25) is 11.9 Å². The Morgan fingerprint density at radius 3 is 2.62 bits per heavy atom. The average Bonchev–Trinajstić information content (AvgIpc) is 3.42. The first-order valence-corrected chi connectivity index (χ1v) is 10.7. The number of nitrogens with one attached hydrogen (secondary N) is 2. The molecule has 0 spiro atoms. The van der Waals surface area contributed by atoms with E-state index in [0.29, 0.717) is 31.3 Å². The summed E-state index contributed by atoms with van der Waals surface area (Å²) in [7, 11) is -2.47. The fourth-order valence-corrected chi connectivity index (χ4v) is 4.23. The number of carbonyl (C=O) groups excluding carboxylic acids is 1. The number of amides is 1. The summed E-state index contributed by atoms with van der Waals surface area (Å²) < 4.78 is 47.4. The fraction of sp³-hybridized carbons (Fsp3) is 0.421. The number of rotatable bonds is 6. The van der Waals surface area contributed by atoms with Crippen LogP contribution in [0, 0.1) is 0 Å². The zero-order valence-electron chi connectivity index (χ0n) is 15.9. The highest BCUT2D eigenvalue weighted by Crippen LogP contribution is 2.40. The summed E-state index contributed by atoms with van der Waals surface area (Å²) in [4.78, 5) is 12.6. The SMILES string of the molecule is CNS(=O)(=O)c1ccc(C(=O)NCC2(c3ccc4c(c3)OCO4)CCOCC2)o1. The summed E-state index contributed by atoms with van der Waals surface area (Å²) >= 11 is 0. The molecule has 0 unspecified atom stereocenters. The molecular formula is C19H22N2O7S. The van der Waals surface area contributed by atoms with Gasteiger partial charge in [-0.1, -0.05) is 6.07 Å². The molecule has 2 aromatic rings. The Morgan fingerprint density at radius 1 is 1.10 bits per heavy atom. The second kappa shape index (κ2) is 7.69. The maximum absolute atomic E-state index is 12.6. The van der Waals surface area contributed by atoms with Gasteiger partial charge in [0.1, 0.15) is 0 Å². The van der Waals surface area contributed by atoms with Crippen molar-refractivity contribution in [3.05, 3.63) is 41.7 Å². The van der Waals surface area contributed by atoms with E-state index in [1.807, 2.05) is 18.2 Å². The van der Waals surface area contributed by atoms with Crippen molar-refractivity contribution in [3.8, 4) is 11.5 Å². The second-order valence-corrected chi connectivity index (χ2v) is 8.79. The number of ether oxygens (including phenoxy) is 3. The van der Waals surface area contributed by atoms with E-state index >= 15 is 0 Å². The molecule has 1 fully saturated rings. The molecule has 0 radical (unpaired) electrons. The molecule has 2 aliphatic heterocycles. The largest absolute Gasteiger partial charge is 0.454 e. The molecule has 1 saturated heterocycles. The van der Waals surface area contributed by atoms with Gasteiger partial charge in [0.15, 0.2) is 17.3 Å². The van der Waals surface area contributed by atoms with E-state index in [4.69, 9.17) is 18.6 Å². The number of sulfonamides is 1. The zero-order chi connectivity index (χ0) is 20.5. The normalized spacial score (nSPS) is 17.8. The molecule has 2 aliphatic rings. The summed E-state index contributed by atoms with van der Waals surface area (Å²) in [6.07, 6.45) is 1.45. The summed E-state index contributed by atoms with van der Waals surface area (Å²) in [6, 6.07) is 8.40. The van der Waals surface area contributed by atoms with Gasteiger partial charge >= 0.3 is 0 Å². The fourth-order valence-electron chi connectivity index (χ4n) is 3.58. The minimum Gasteiger partial charge on any atom is -0.454 e. The molecule has 3 heterocycles. The predicted molar refractivity (Wildman–Crippen MR) is 102 cm³/mol. The van der Waals surface area contributed by atoms with Crippen LogP contribution >= 0.6 is 0 Å². The van der Waals surface area contributed by atoms with Crippen LogP contribution in [0.5, 0.6) is 11.5 Å². The van der Waals surface area contributed by atoms with Crippen LogP contribution in [0.2, 0.25) is 0 Å². The van der Waals surface area contributed by atoms with Crippen molar-refractivity contribution in [2.24, 2.45) is 0 Å². The van der Waals surface area contributed by atoms with Crippen molar-refractivity contribution >= 4 is 15.9 Å². The Bertz CT molecular complexity index is 1010. The molecule has 0 saturated carbocycles. The molecule has 9 nitrogen and oxygen atoms in total. The van der Waals surface area contributed by atoms with Crippen LogP contribution in [0.4, 0.5) is 0 Å². The third kappa shape index (κ3) is 3.83. The van der Waals surface area contributed by atoms with Crippen molar-refractivity contribution in [2.45, 2.75) is 23.3 Å². The highest BCUT2D eigenvalue weighted by molar-refractivity contribution is 7.89. The van der Waals surface area contributed by atoms with Gasteiger partial charge in [-0.2, -0.15) is 0 Å². The van der Waals surface area contributed by atoms with Crippen molar-refractivity contribution in [2.75, 3.05) is 33.6 Å². The second-order valence-electron chi connectivity index (χ2n) is 6.97. The van der Waals surface area contributed by atoms with Crippen molar-refractivity contribution in [1.82, 2.24) is 10.0 Å². The third-order valence-corrected chi connectivity index (χ3v) is 6.65. The maximum atomic E-state index is 12.6. The standard InChI is InChI=1S/C19H22N2O7S/c1-20-29(23,24)17-5-4-15(28-17)18(22)21-11-19(6-8-25-9-7-19)13-2-3-14-16(10-13)27-12-26-14/h2-5,10,20H,6-9,11-12H2,1H3,(H,21,22). The Kier molecular flexibility index (Phi) is 5.24.